The van der Waals surface area contributed by atoms with E-state index in [1.807, 2.05) is 32.4 Å². The van der Waals surface area contributed by atoms with Crippen LogP contribution in [0.1, 0.15) is 31.4 Å². The SMILES string of the molecule is CN(C)c1ccc(-c2cc3ncccc3c(C3(N)CCCCC3N)n2)cc1. The van der Waals surface area contributed by atoms with E-state index in [-0.39, 0.29) is 6.04 Å². The minimum Gasteiger partial charge on any atom is -0.378 e. The molecule has 5 nitrogen and oxygen atoms in total. The van der Waals surface area contributed by atoms with E-state index in [0.717, 1.165) is 59.2 Å². The molecule has 3 aromatic rings. The van der Waals surface area contributed by atoms with E-state index in [2.05, 4.69) is 40.2 Å². The molecule has 0 radical (unpaired) electrons. The highest BCUT2D eigenvalue weighted by Crippen LogP contribution is 2.37. The summed E-state index contributed by atoms with van der Waals surface area (Å²) in [5.74, 6) is 0. The number of rotatable bonds is 3. The van der Waals surface area contributed by atoms with Crippen LogP contribution in [0, 0.1) is 0 Å². The molecule has 140 valence electrons. The fourth-order valence-electron chi connectivity index (χ4n) is 4.03. The Labute approximate surface area is 160 Å². The highest BCUT2D eigenvalue weighted by Gasteiger charge is 2.39. The zero-order chi connectivity index (χ0) is 19.0. The fraction of sp³-hybridized carbons (Fsp3) is 0.364. The van der Waals surface area contributed by atoms with Crippen LogP contribution in [0.3, 0.4) is 0 Å². The predicted octanol–water partition coefficient (Wildman–Crippen LogP) is 3.42. The molecule has 1 aromatic carbocycles. The summed E-state index contributed by atoms with van der Waals surface area (Å²) in [7, 11) is 4.07. The second-order valence-electron chi connectivity index (χ2n) is 7.76. The molecular formula is C22H27N5. The Balaban J connectivity index is 1.88. The molecule has 0 spiro atoms. The number of fused-ring (bicyclic) bond motifs is 1. The standard InChI is InChI=1S/C22H27N5/c1-27(2)16-10-8-15(9-11-16)18-14-19-17(6-5-13-25-19)21(26-18)22(24)12-4-3-7-20(22)23/h5-6,8-11,13-14,20H,3-4,7,12,23-24H2,1-2H3. The van der Waals surface area contributed by atoms with Crippen molar-refractivity contribution in [3.63, 3.8) is 0 Å². The van der Waals surface area contributed by atoms with Gasteiger partial charge in [-0.15, -0.1) is 0 Å². The maximum atomic E-state index is 6.88. The van der Waals surface area contributed by atoms with Crippen molar-refractivity contribution in [1.82, 2.24) is 9.97 Å². The van der Waals surface area contributed by atoms with E-state index < -0.39 is 5.54 Å². The first-order valence-electron chi connectivity index (χ1n) is 9.57. The molecule has 4 rings (SSSR count). The van der Waals surface area contributed by atoms with Gasteiger partial charge in [-0.25, -0.2) is 0 Å². The molecule has 0 amide bonds. The summed E-state index contributed by atoms with van der Waals surface area (Å²) in [6.07, 6.45) is 5.81. The summed E-state index contributed by atoms with van der Waals surface area (Å²) in [4.78, 5) is 11.7. The topological polar surface area (TPSA) is 81.1 Å². The summed E-state index contributed by atoms with van der Waals surface area (Å²) in [6, 6.07) is 14.3. The molecule has 1 aliphatic carbocycles. The molecule has 0 saturated heterocycles. The second-order valence-corrected chi connectivity index (χ2v) is 7.76. The van der Waals surface area contributed by atoms with E-state index in [1.54, 1.807) is 0 Å². The molecule has 2 atom stereocenters. The molecule has 1 aliphatic rings. The van der Waals surface area contributed by atoms with Gasteiger partial charge in [0.25, 0.3) is 0 Å². The average Bonchev–Trinajstić information content (AvgIpc) is 2.69. The van der Waals surface area contributed by atoms with Gasteiger partial charge in [0.15, 0.2) is 0 Å². The van der Waals surface area contributed by atoms with E-state index in [1.165, 1.54) is 0 Å². The third-order valence-corrected chi connectivity index (χ3v) is 5.74. The zero-order valence-corrected chi connectivity index (χ0v) is 16.0. The van der Waals surface area contributed by atoms with E-state index in [0.29, 0.717) is 0 Å². The first-order chi connectivity index (χ1) is 13.0. The van der Waals surface area contributed by atoms with Gasteiger partial charge in [0, 0.05) is 43.0 Å². The van der Waals surface area contributed by atoms with E-state index >= 15 is 0 Å². The molecule has 2 aromatic heterocycles. The normalized spacial score (nSPS) is 22.7. The lowest BCUT2D eigenvalue weighted by atomic mass is 9.75. The van der Waals surface area contributed by atoms with Crippen molar-refractivity contribution in [2.24, 2.45) is 11.5 Å². The Kier molecular flexibility index (Phi) is 4.58. The lowest BCUT2D eigenvalue weighted by Gasteiger charge is -2.39. The highest BCUT2D eigenvalue weighted by atomic mass is 15.1. The van der Waals surface area contributed by atoms with E-state index in [9.17, 15) is 0 Å². The number of aromatic nitrogens is 2. The number of benzene rings is 1. The molecule has 1 saturated carbocycles. The van der Waals surface area contributed by atoms with Crippen LogP contribution in [0.25, 0.3) is 22.2 Å². The van der Waals surface area contributed by atoms with Gasteiger partial charge < -0.3 is 16.4 Å². The van der Waals surface area contributed by atoms with Gasteiger partial charge in [-0.05, 0) is 43.2 Å². The first-order valence-corrected chi connectivity index (χ1v) is 9.57. The third-order valence-electron chi connectivity index (χ3n) is 5.74. The predicted molar refractivity (Wildman–Crippen MR) is 112 cm³/mol. The smallest absolute Gasteiger partial charge is 0.0743 e. The van der Waals surface area contributed by atoms with E-state index in [4.69, 9.17) is 16.5 Å². The van der Waals surface area contributed by atoms with Crippen LogP contribution in [0.15, 0.2) is 48.7 Å². The molecule has 4 N–H and O–H groups in total. The van der Waals surface area contributed by atoms with Crippen molar-refractivity contribution >= 4 is 16.6 Å². The summed E-state index contributed by atoms with van der Waals surface area (Å²) in [5.41, 5.74) is 17.7. The number of pyridine rings is 2. The maximum absolute atomic E-state index is 6.88. The number of nitrogens with zero attached hydrogens (tertiary/aromatic N) is 3. The van der Waals surface area contributed by atoms with Crippen molar-refractivity contribution in [1.29, 1.82) is 0 Å². The quantitative estimate of drug-likeness (QED) is 0.747. The van der Waals surface area contributed by atoms with Crippen LogP contribution in [-0.4, -0.2) is 30.1 Å². The molecule has 0 aliphatic heterocycles. The average molecular weight is 361 g/mol. The number of hydrogen-bond donors (Lipinski definition) is 2. The largest absolute Gasteiger partial charge is 0.378 e. The Morgan fingerprint density at radius 1 is 1.11 bits per heavy atom. The van der Waals surface area contributed by atoms with Gasteiger partial charge in [-0.3, -0.25) is 9.97 Å². The van der Waals surface area contributed by atoms with Crippen LogP contribution in [0.4, 0.5) is 5.69 Å². The molecular weight excluding hydrogens is 334 g/mol. The molecule has 2 heterocycles. The van der Waals surface area contributed by atoms with Crippen molar-refractivity contribution < 1.29 is 0 Å². The third kappa shape index (κ3) is 3.17. The second kappa shape index (κ2) is 6.91. The highest BCUT2D eigenvalue weighted by molar-refractivity contribution is 5.85. The van der Waals surface area contributed by atoms with Gasteiger partial charge in [-0.1, -0.05) is 25.0 Å². The maximum Gasteiger partial charge on any atom is 0.0743 e. The van der Waals surface area contributed by atoms with Gasteiger partial charge in [0.2, 0.25) is 0 Å². The molecule has 5 heteroatoms. The van der Waals surface area contributed by atoms with Crippen LogP contribution >= 0.6 is 0 Å². The number of anilines is 1. The van der Waals surface area contributed by atoms with Gasteiger partial charge >= 0.3 is 0 Å². The monoisotopic (exact) mass is 361 g/mol. The number of hydrogen-bond acceptors (Lipinski definition) is 5. The van der Waals surface area contributed by atoms with Crippen molar-refractivity contribution in [3.05, 3.63) is 54.4 Å². The van der Waals surface area contributed by atoms with Gasteiger partial charge in [-0.2, -0.15) is 0 Å². The van der Waals surface area contributed by atoms with Crippen LogP contribution < -0.4 is 16.4 Å². The Morgan fingerprint density at radius 3 is 2.59 bits per heavy atom. The van der Waals surface area contributed by atoms with Crippen LogP contribution in [0.2, 0.25) is 0 Å². The molecule has 2 unspecified atom stereocenters. The van der Waals surface area contributed by atoms with Crippen molar-refractivity contribution in [2.45, 2.75) is 37.3 Å². The van der Waals surface area contributed by atoms with Crippen LogP contribution in [0.5, 0.6) is 0 Å². The summed E-state index contributed by atoms with van der Waals surface area (Å²) in [5, 5.41) is 1.01. The summed E-state index contributed by atoms with van der Waals surface area (Å²) in [6.45, 7) is 0. The van der Waals surface area contributed by atoms with Gasteiger partial charge in [0.05, 0.1) is 22.4 Å². The van der Waals surface area contributed by atoms with Crippen LogP contribution in [-0.2, 0) is 5.54 Å². The molecule has 0 bridgehead atoms. The Hall–Kier alpha value is -2.50. The zero-order valence-electron chi connectivity index (χ0n) is 16.0. The Morgan fingerprint density at radius 2 is 1.89 bits per heavy atom. The lowest BCUT2D eigenvalue weighted by molar-refractivity contribution is 0.252. The molecule has 27 heavy (non-hydrogen) atoms. The minimum atomic E-state index is -0.612. The lowest BCUT2D eigenvalue weighted by Crippen LogP contribution is -2.55. The number of nitrogens with two attached hydrogens (primary N) is 2. The van der Waals surface area contributed by atoms with Gasteiger partial charge in [0.1, 0.15) is 0 Å². The fourth-order valence-corrected chi connectivity index (χ4v) is 4.03. The summed E-state index contributed by atoms with van der Waals surface area (Å²) < 4.78 is 0. The summed E-state index contributed by atoms with van der Waals surface area (Å²) >= 11 is 0. The minimum absolute atomic E-state index is 0.0893. The Bertz CT molecular complexity index is 951. The molecule has 1 fully saturated rings. The first kappa shape index (κ1) is 17.9. The van der Waals surface area contributed by atoms with Crippen molar-refractivity contribution in [2.75, 3.05) is 19.0 Å². The van der Waals surface area contributed by atoms with Crippen molar-refractivity contribution in [3.8, 4) is 11.3 Å².